The highest BCUT2D eigenvalue weighted by molar-refractivity contribution is 5.76. The Morgan fingerprint density at radius 1 is 1.58 bits per heavy atom. The van der Waals surface area contributed by atoms with E-state index in [-0.39, 0.29) is 12.0 Å². The van der Waals surface area contributed by atoms with Crippen LogP contribution in [0, 0.1) is 6.92 Å². The number of aromatic nitrogens is 2. The van der Waals surface area contributed by atoms with Gasteiger partial charge in [0.2, 0.25) is 0 Å². The smallest absolute Gasteiger partial charge is 0.323 e. The second-order valence-electron chi connectivity index (χ2n) is 4.73. The van der Waals surface area contributed by atoms with Crippen LogP contribution in [0.5, 0.6) is 0 Å². The van der Waals surface area contributed by atoms with E-state index in [1.54, 1.807) is 6.07 Å². The SMILES string of the molecule is CCOC(=O)C1CCCN1Cc1nc(C)cc(N)n1. The molecule has 1 aromatic heterocycles. The maximum Gasteiger partial charge on any atom is 0.323 e. The van der Waals surface area contributed by atoms with E-state index in [4.69, 9.17) is 10.5 Å². The summed E-state index contributed by atoms with van der Waals surface area (Å²) in [5.41, 5.74) is 6.56. The monoisotopic (exact) mass is 264 g/mol. The summed E-state index contributed by atoms with van der Waals surface area (Å²) >= 11 is 0. The highest BCUT2D eigenvalue weighted by Crippen LogP contribution is 2.20. The second kappa shape index (κ2) is 5.97. The fourth-order valence-corrected chi connectivity index (χ4v) is 2.43. The summed E-state index contributed by atoms with van der Waals surface area (Å²) < 4.78 is 5.10. The molecular formula is C13H20N4O2. The van der Waals surface area contributed by atoms with Crippen LogP contribution in [0.2, 0.25) is 0 Å². The minimum absolute atomic E-state index is 0.152. The zero-order valence-electron chi connectivity index (χ0n) is 11.4. The van der Waals surface area contributed by atoms with Gasteiger partial charge >= 0.3 is 5.97 Å². The van der Waals surface area contributed by atoms with Gasteiger partial charge in [-0.1, -0.05) is 0 Å². The number of nitrogens with two attached hydrogens (primary N) is 1. The van der Waals surface area contributed by atoms with E-state index in [0.717, 1.165) is 25.1 Å². The molecule has 1 saturated heterocycles. The number of carbonyl (C=O) groups excluding carboxylic acids is 1. The van der Waals surface area contributed by atoms with E-state index in [1.165, 1.54) is 0 Å². The van der Waals surface area contributed by atoms with Gasteiger partial charge in [-0.25, -0.2) is 9.97 Å². The van der Waals surface area contributed by atoms with Gasteiger partial charge < -0.3 is 10.5 Å². The van der Waals surface area contributed by atoms with Crippen LogP contribution in [0.15, 0.2) is 6.07 Å². The van der Waals surface area contributed by atoms with Gasteiger partial charge in [0.15, 0.2) is 0 Å². The first-order valence-corrected chi connectivity index (χ1v) is 6.61. The molecule has 1 aliphatic heterocycles. The van der Waals surface area contributed by atoms with Crippen molar-refractivity contribution in [1.82, 2.24) is 14.9 Å². The topological polar surface area (TPSA) is 81.3 Å². The number of nitrogens with zero attached hydrogens (tertiary/aromatic N) is 3. The predicted molar refractivity (Wildman–Crippen MR) is 71.2 cm³/mol. The van der Waals surface area contributed by atoms with Crippen molar-refractivity contribution >= 4 is 11.8 Å². The molecule has 6 heteroatoms. The van der Waals surface area contributed by atoms with Crippen LogP contribution in [0.4, 0.5) is 5.82 Å². The van der Waals surface area contributed by atoms with Gasteiger partial charge in [-0.15, -0.1) is 0 Å². The zero-order chi connectivity index (χ0) is 13.8. The Hall–Kier alpha value is -1.69. The lowest BCUT2D eigenvalue weighted by molar-refractivity contribution is -0.148. The Morgan fingerprint density at radius 2 is 2.37 bits per heavy atom. The number of hydrogen-bond donors (Lipinski definition) is 1. The van der Waals surface area contributed by atoms with Crippen molar-refractivity contribution in [3.63, 3.8) is 0 Å². The van der Waals surface area contributed by atoms with Gasteiger partial charge in [-0.2, -0.15) is 0 Å². The number of esters is 1. The molecule has 1 fully saturated rings. The molecular weight excluding hydrogens is 244 g/mol. The molecule has 0 aromatic carbocycles. The molecule has 0 bridgehead atoms. The van der Waals surface area contributed by atoms with Crippen LogP contribution in [-0.4, -0.2) is 40.0 Å². The average Bonchev–Trinajstić information content (AvgIpc) is 2.76. The Kier molecular flexibility index (Phi) is 4.31. The fourth-order valence-electron chi connectivity index (χ4n) is 2.43. The van der Waals surface area contributed by atoms with Crippen molar-refractivity contribution in [2.45, 2.75) is 39.3 Å². The quantitative estimate of drug-likeness (QED) is 0.814. The third-order valence-electron chi connectivity index (χ3n) is 3.19. The molecule has 2 N–H and O–H groups in total. The molecule has 1 aliphatic rings. The maximum atomic E-state index is 11.9. The highest BCUT2D eigenvalue weighted by atomic mass is 16.5. The maximum absolute atomic E-state index is 11.9. The third-order valence-corrected chi connectivity index (χ3v) is 3.19. The number of nitrogen functional groups attached to an aromatic ring is 1. The van der Waals surface area contributed by atoms with Crippen molar-refractivity contribution < 1.29 is 9.53 Å². The summed E-state index contributed by atoms with van der Waals surface area (Å²) in [6.07, 6.45) is 1.82. The number of anilines is 1. The lowest BCUT2D eigenvalue weighted by Gasteiger charge is -2.22. The van der Waals surface area contributed by atoms with E-state index in [0.29, 0.717) is 24.8 Å². The van der Waals surface area contributed by atoms with Crippen molar-refractivity contribution in [1.29, 1.82) is 0 Å². The predicted octanol–water partition coefficient (Wildman–Crippen LogP) is 0.895. The number of ether oxygens (including phenoxy) is 1. The summed E-state index contributed by atoms with van der Waals surface area (Å²) in [7, 11) is 0. The summed E-state index contributed by atoms with van der Waals surface area (Å²) in [5, 5.41) is 0. The molecule has 104 valence electrons. The highest BCUT2D eigenvalue weighted by Gasteiger charge is 2.32. The number of carbonyl (C=O) groups is 1. The molecule has 0 aliphatic carbocycles. The molecule has 6 nitrogen and oxygen atoms in total. The van der Waals surface area contributed by atoms with E-state index >= 15 is 0 Å². The first kappa shape index (κ1) is 13.7. The molecule has 0 saturated carbocycles. The summed E-state index contributed by atoms with van der Waals surface area (Å²) in [4.78, 5) is 22.5. The lowest BCUT2D eigenvalue weighted by Crippen LogP contribution is -2.37. The first-order valence-electron chi connectivity index (χ1n) is 6.61. The third kappa shape index (κ3) is 3.41. The van der Waals surface area contributed by atoms with E-state index in [9.17, 15) is 4.79 Å². The summed E-state index contributed by atoms with van der Waals surface area (Å²) in [6.45, 7) is 5.52. The van der Waals surface area contributed by atoms with Crippen molar-refractivity contribution in [2.24, 2.45) is 0 Å². The molecule has 0 spiro atoms. The molecule has 2 heterocycles. The van der Waals surface area contributed by atoms with Crippen molar-refractivity contribution in [3.05, 3.63) is 17.6 Å². The molecule has 0 radical (unpaired) electrons. The van der Waals surface area contributed by atoms with E-state index in [2.05, 4.69) is 14.9 Å². The van der Waals surface area contributed by atoms with Gasteiger partial charge in [0, 0.05) is 11.8 Å². The molecule has 0 amide bonds. The van der Waals surface area contributed by atoms with Crippen molar-refractivity contribution in [3.8, 4) is 0 Å². The Morgan fingerprint density at radius 3 is 3.05 bits per heavy atom. The minimum Gasteiger partial charge on any atom is -0.465 e. The summed E-state index contributed by atoms with van der Waals surface area (Å²) in [5.74, 6) is 0.976. The Bertz CT molecular complexity index is 444. The van der Waals surface area contributed by atoms with Gasteiger partial charge in [0.05, 0.1) is 13.2 Å². The fraction of sp³-hybridized carbons (Fsp3) is 0.615. The van der Waals surface area contributed by atoms with Crippen LogP contribution >= 0.6 is 0 Å². The minimum atomic E-state index is -0.176. The first-order chi connectivity index (χ1) is 9.10. The van der Waals surface area contributed by atoms with Crippen LogP contribution in [0.1, 0.15) is 31.3 Å². The van der Waals surface area contributed by atoms with Crippen molar-refractivity contribution in [2.75, 3.05) is 18.9 Å². The standard InChI is InChI=1S/C13H20N4O2/c1-3-19-13(18)10-5-4-6-17(10)8-12-15-9(2)7-11(14)16-12/h7,10H,3-6,8H2,1-2H3,(H2,14,15,16). The van der Waals surface area contributed by atoms with Crippen LogP contribution in [0.3, 0.4) is 0 Å². The van der Waals surface area contributed by atoms with Gasteiger partial charge in [0.25, 0.3) is 0 Å². The number of rotatable bonds is 4. The summed E-state index contributed by atoms with van der Waals surface area (Å²) in [6, 6.07) is 1.56. The number of aryl methyl sites for hydroxylation is 1. The zero-order valence-corrected chi connectivity index (χ0v) is 11.4. The number of hydrogen-bond acceptors (Lipinski definition) is 6. The molecule has 1 atom stereocenters. The van der Waals surface area contributed by atoms with Gasteiger partial charge in [0.1, 0.15) is 17.7 Å². The van der Waals surface area contributed by atoms with Crippen LogP contribution in [0.25, 0.3) is 0 Å². The molecule has 1 unspecified atom stereocenters. The Labute approximate surface area is 113 Å². The van der Waals surface area contributed by atoms with E-state index in [1.807, 2.05) is 13.8 Å². The number of likely N-dealkylation sites (tertiary alicyclic amines) is 1. The molecule has 2 rings (SSSR count). The van der Waals surface area contributed by atoms with E-state index < -0.39 is 0 Å². The Balaban J connectivity index is 2.06. The van der Waals surface area contributed by atoms with Crippen LogP contribution < -0.4 is 5.73 Å². The largest absolute Gasteiger partial charge is 0.465 e. The average molecular weight is 264 g/mol. The lowest BCUT2D eigenvalue weighted by atomic mass is 10.2. The van der Waals surface area contributed by atoms with Gasteiger partial charge in [-0.3, -0.25) is 9.69 Å². The second-order valence-corrected chi connectivity index (χ2v) is 4.73. The van der Waals surface area contributed by atoms with Crippen LogP contribution in [-0.2, 0) is 16.1 Å². The van der Waals surface area contributed by atoms with Gasteiger partial charge in [-0.05, 0) is 33.2 Å². The normalized spacial score (nSPS) is 19.6. The molecule has 19 heavy (non-hydrogen) atoms. The molecule has 1 aromatic rings.